The highest BCUT2D eigenvalue weighted by molar-refractivity contribution is 9.10. The topological polar surface area (TPSA) is 106 Å². The Labute approximate surface area is 115 Å². The molecule has 2 N–H and O–H groups in total. The smallest absolute Gasteiger partial charge is 0.310 e. The first-order chi connectivity index (χ1) is 9.02. The number of nitro groups is 1. The Bertz CT molecular complexity index is 652. The Morgan fingerprint density at radius 1 is 1.37 bits per heavy atom. The fraction of sp³-hybridized carbons (Fsp3) is 0. The summed E-state index contributed by atoms with van der Waals surface area (Å²) in [6, 6.07) is 7.19. The van der Waals surface area contributed by atoms with Gasteiger partial charge < -0.3 is 4.42 Å². The Hall–Kier alpha value is -2.19. The van der Waals surface area contributed by atoms with Crippen molar-refractivity contribution in [2.24, 2.45) is 0 Å². The number of amides is 1. The second-order valence-corrected chi connectivity index (χ2v) is 4.44. The molecule has 98 valence electrons. The molecule has 0 fully saturated rings. The normalized spacial score (nSPS) is 10.2. The predicted octanol–water partition coefficient (Wildman–Crippen LogP) is 2.74. The van der Waals surface area contributed by atoms with Crippen LogP contribution in [-0.2, 0) is 0 Å². The van der Waals surface area contributed by atoms with Crippen LogP contribution < -0.4 is 5.48 Å². The second kappa shape index (κ2) is 5.21. The van der Waals surface area contributed by atoms with Crippen molar-refractivity contribution >= 4 is 27.5 Å². The number of hydrogen-bond acceptors (Lipinski definition) is 5. The van der Waals surface area contributed by atoms with Crippen molar-refractivity contribution in [1.29, 1.82) is 0 Å². The van der Waals surface area contributed by atoms with Crippen molar-refractivity contribution in [3.8, 4) is 11.3 Å². The van der Waals surface area contributed by atoms with Crippen molar-refractivity contribution in [1.82, 2.24) is 5.48 Å². The monoisotopic (exact) mass is 326 g/mol. The van der Waals surface area contributed by atoms with Gasteiger partial charge in [-0.05, 0) is 24.3 Å². The molecule has 0 saturated heterocycles. The highest BCUT2D eigenvalue weighted by Crippen LogP contribution is 2.33. The van der Waals surface area contributed by atoms with Crippen LogP contribution in [-0.4, -0.2) is 16.0 Å². The van der Waals surface area contributed by atoms with Gasteiger partial charge in [0.25, 0.3) is 5.69 Å². The molecule has 0 aliphatic carbocycles. The number of furan rings is 1. The van der Waals surface area contributed by atoms with Crippen LogP contribution in [0.25, 0.3) is 11.3 Å². The molecule has 0 aliphatic heterocycles. The number of hydroxylamine groups is 1. The summed E-state index contributed by atoms with van der Waals surface area (Å²) in [5.74, 6) is -0.807. The van der Waals surface area contributed by atoms with Crippen molar-refractivity contribution in [2.75, 3.05) is 0 Å². The van der Waals surface area contributed by atoms with Crippen LogP contribution in [0.1, 0.15) is 10.6 Å². The van der Waals surface area contributed by atoms with Crippen LogP contribution in [0.2, 0.25) is 0 Å². The van der Waals surface area contributed by atoms with E-state index in [1.165, 1.54) is 29.7 Å². The number of halogens is 1. The van der Waals surface area contributed by atoms with Gasteiger partial charge >= 0.3 is 5.91 Å². The Balaban J connectivity index is 2.50. The summed E-state index contributed by atoms with van der Waals surface area (Å²) >= 11 is 3.14. The fourth-order valence-electron chi connectivity index (χ4n) is 1.52. The molecular formula is C11H7BrN2O5. The van der Waals surface area contributed by atoms with Gasteiger partial charge in [-0.25, -0.2) is 5.48 Å². The molecule has 0 radical (unpaired) electrons. The first kappa shape index (κ1) is 13.2. The number of hydrogen-bond donors (Lipinski definition) is 2. The summed E-state index contributed by atoms with van der Waals surface area (Å²) in [6.07, 6.45) is 0. The molecule has 1 aromatic carbocycles. The van der Waals surface area contributed by atoms with Gasteiger partial charge in [-0.1, -0.05) is 15.9 Å². The molecule has 1 heterocycles. The van der Waals surface area contributed by atoms with Crippen LogP contribution >= 0.6 is 15.9 Å². The van der Waals surface area contributed by atoms with Crippen molar-refractivity contribution in [3.63, 3.8) is 0 Å². The first-order valence-electron chi connectivity index (χ1n) is 5.01. The van der Waals surface area contributed by atoms with Gasteiger partial charge in [0.1, 0.15) is 5.76 Å². The quantitative estimate of drug-likeness (QED) is 0.512. The molecule has 19 heavy (non-hydrogen) atoms. The number of benzene rings is 1. The van der Waals surface area contributed by atoms with Gasteiger partial charge in [-0.2, -0.15) is 0 Å². The zero-order valence-electron chi connectivity index (χ0n) is 9.29. The molecule has 0 bridgehead atoms. The third-order valence-corrected chi connectivity index (χ3v) is 2.85. The first-order valence-corrected chi connectivity index (χ1v) is 5.81. The molecule has 2 aromatic rings. The molecule has 0 aliphatic rings. The highest BCUT2D eigenvalue weighted by Gasteiger charge is 2.20. The number of nitro benzene ring substituents is 1. The minimum Gasteiger partial charge on any atom is -0.451 e. The summed E-state index contributed by atoms with van der Waals surface area (Å²) < 4.78 is 5.72. The Morgan fingerprint density at radius 3 is 2.74 bits per heavy atom. The van der Waals surface area contributed by atoms with Crippen LogP contribution in [0.15, 0.2) is 39.2 Å². The average molecular weight is 327 g/mol. The molecule has 2 rings (SSSR count). The van der Waals surface area contributed by atoms with E-state index in [0.717, 1.165) is 0 Å². The third kappa shape index (κ3) is 2.64. The Kier molecular flexibility index (Phi) is 3.63. The van der Waals surface area contributed by atoms with Crippen LogP contribution in [0.3, 0.4) is 0 Å². The van der Waals surface area contributed by atoms with Crippen LogP contribution in [0, 0.1) is 10.1 Å². The van der Waals surface area contributed by atoms with E-state index in [0.29, 0.717) is 4.47 Å². The molecule has 7 nitrogen and oxygen atoms in total. The van der Waals surface area contributed by atoms with E-state index in [1.807, 2.05) is 0 Å². The number of nitrogens with one attached hydrogen (secondary N) is 1. The fourth-order valence-corrected chi connectivity index (χ4v) is 1.87. The van der Waals surface area contributed by atoms with E-state index in [2.05, 4.69) is 15.9 Å². The maximum atomic E-state index is 11.1. The maximum Gasteiger partial charge on any atom is 0.310 e. The average Bonchev–Trinajstić information content (AvgIpc) is 2.87. The predicted molar refractivity (Wildman–Crippen MR) is 67.8 cm³/mol. The number of carbonyl (C=O) groups is 1. The lowest BCUT2D eigenvalue weighted by atomic mass is 10.1. The molecule has 1 aromatic heterocycles. The van der Waals surface area contributed by atoms with Gasteiger partial charge in [-0.15, -0.1) is 0 Å². The van der Waals surface area contributed by atoms with Gasteiger partial charge in [0, 0.05) is 10.5 Å². The number of carbonyl (C=O) groups excluding carboxylic acids is 1. The molecule has 1 amide bonds. The Morgan fingerprint density at radius 2 is 2.11 bits per heavy atom. The van der Waals surface area contributed by atoms with E-state index in [4.69, 9.17) is 9.62 Å². The zero-order valence-corrected chi connectivity index (χ0v) is 10.9. The van der Waals surface area contributed by atoms with Crippen LogP contribution in [0.5, 0.6) is 0 Å². The summed E-state index contributed by atoms with van der Waals surface area (Å²) in [5, 5.41) is 19.4. The summed E-state index contributed by atoms with van der Waals surface area (Å²) in [5.41, 5.74) is 1.51. The van der Waals surface area contributed by atoms with E-state index in [1.54, 1.807) is 6.07 Å². The van der Waals surface area contributed by atoms with Crippen LogP contribution in [0.4, 0.5) is 5.69 Å². The van der Waals surface area contributed by atoms with Crippen molar-refractivity contribution in [3.05, 3.63) is 50.7 Å². The standard InChI is InChI=1S/C11H7BrN2O5/c12-6-1-2-7(8(5-6)14(17)18)9-3-4-10(19-9)11(15)13-16/h1-5,16H,(H,13,15). The van der Waals surface area contributed by atoms with Gasteiger partial charge in [0.2, 0.25) is 0 Å². The number of nitrogens with zero attached hydrogens (tertiary/aromatic N) is 1. The highest BCUT2D eigenvalue weighted by atomic mass is 79.9. The molecule has 0 saturated carbocycles. The lowest BCUT2D eigenvalue weighted by molar-refractivity contribution is -0.384. The van der Waals surface area contributed by atoms with E-state index in [-0.39, 0.29) is 22.8 Å². The van der Waals surface area contributed by atoms with Gasteiger partial charge in [0.05, 0.1) is 10.5 Å². The molecular weight excluding hydrogens is 320 g/mol. The van der Waals surface area contributed by atoms with Crippen molar-refractivity contribution in [2.45, 2.75) is 0 Å². The summed E-state index contributed by atoms with van der Waals surface area (Å²) in [4.78, 5) is 21.6. The summed E-state index contributed by atoms with van der Waals surface area (Å²) in [7, 11) is 0. The SMILES string of the molecule is O=C(NO)c1ccc(-c2ccc(Br)cc2[N+](=O)[O-])o1. The molecule has 0 atom stereocenters. The molecule has 8 heteroatoms. The summed E-state index contributed by atoms with van der Waals surface area (Å²) in [6.45, 7) is 0. The second-order valence-electron chi connectivity index (χ2n) is 3.52. The van der Waals surface area contributed by atoms with Gasteiger partial charge in [0.15, 0.2) is 5.76 Å². The minimum absolute atomic E-state index is 0.144. The third-order valence-electron chi connectivity index (χ3n) is 2.35. The van der Waals surface area contributed by atoms with E-state index in [9.17, 15) is 14.9 Å². The van der Waals surface area contributed by atoms with Crippen molar-refractivity contribution < 1.29 is 19.3 Å². The lowest BCUT2D eigenvalue weighted by Gasteiger charge is -2.00. The van der Waals surface area contributed by atoms with E-state index >= 15 is 0 Å². The molecule has 0 unspecified atom stereocenters. The maximum absolute atomic E-state index is 11.1. The van der Waals surface area contributed by atoms with E-state index < -0.39 is 10.8 Å². The number of rotatable bonds is 3. The largest absolute Gasteiger partial charge is 0.451 e. The zero-order chi connectivity index (χ0) is 14.0. The minimum atomic E-state index is -0.828. The van der Waals surface area contributed by atoms with Gasteiger partial charge in [-0.3, -0.25) is 20.1 Å². The lowest BCUT2D eigenvalue weighted by Crippen LogP contribution is -2.17. The molecule has 0 spiro atoms.